The van der Waals surface area contributed by atoms with Crippen LogP contribution in [0.2, 0.25) is 0 Å². The summed E-state index contributed by atoms with van der Waals surface area (Å²) in [4.78, 5) is 0. The van der Waals surface area contributed by atoms with Gasteiger partial charge in [0.1, 0.15) is 0 Å². The van der Waals surface area contributed by atoms with Gasteiger partial charge >= 0.3 is 0 Å². The zero-order valence-corrected chi connectivity index (χ0v) is 10.8. The molecule has 0 aliphatic carbocycles. The molecule has 0 N–H and O–H groups in total. The van der Waals surface area contributed by atoms with Crippen LogP contribution >= 0.6 is 35.2 Å². The van der Waals surface area contributed by atoms with Crippen LogP contribution in [0.25, 0.3) is 0 Å². The summed E-state index contributed by atoms with van der Waals surface area (Å²) in [5.74, 6) is 1.73. The minimum absolute atomic E-state index is 0.749. The van der Waals surface area contributed by atoms with Gasteiger partial charge in [-0.15, -0.1) is 0 Å². The van der Waals surface area contributed by atoms with E-state index in [4.69, 9.17) is 0 Å². The van der Waals surface area contributed by atoms with Crippen LogP contribution < -0.4 is 0 Å². The summed E-state index contributed by atoms with van der Waals surface area (Å²) in [6.07, 6.45) is 6.36. The Hall–Kier alpha value is 0.290. The number of thiol groups is 1. The van der Waals surface area contributed by atoms with Gasteiger partial charge in [0.05, 0.1) is 9.77 Å². The lowest BCUT2D eigenvalue weighted by Gasteiger charge is -2.08. The summed E-state index contributed by atoms with van der Waals surface area (Å²) < 4.78 is 3.22. The summed E-state index contributed by atoms with van der Waals surface area (Å²) in [6, 6.07) is 0. The first-order valence-corrected chi connectivity index (χ1v) is 6.22. The highest BCUT2D eigenvalue weighted by molar-refractivity contribution is 14.1. The van der Waals surface area contributed by atoms with E-state index >= 15 is 0 Å². The van der Waals surface area contributed by atoms with E-state index in [0.29, 0.717) is 0 Å². The van der Waals surface area contributed by atoms with E-state index in [9.17, 15) is 0 Å². The first-order chi connectivity index (χ1) is 6.22. The molecule has 1 rings (SSSR count). The largest absolute Gasteiger partial charge is 0.272 e. The SMILES string of the molecule is CC(CCS)CCn1cc(I)cn1. The third-order valence-electron chi connectivity index (χ3n) is 2.07. The first kappa shape index (κ1) is 11.4. The van der Waals surface area contributed by atoms with E-state index < -0.39 is 0 Å². The molecule has 0 aliphatic heterocycles. The Morgan fingerprint density at radius 1 is 1.62 bits per heavy atom. The fourth-order valence-electron chi connectivity index (χ4n) is 1.18. The molecule has 1 atom stereocenters. The maximum absolute atomic E-state index is 4.24. The average molecular weight is 310 g/mol. The smallest absolute Gasteiger partial charge is 0.0623 e. The second kappa shape index (κ2) is 5.90. The molecular formula is C9H15IN2S. The summed E-state index contributed by atoms with van der Waals surface area (Å²) in [5.41, 5.74) is 0. The van der Waals surface area contributed by atoms with Crippen molar-refractivity contribution in [1.29, 1.82) is 0 Å². The molecule has 1 heterocycles. The molecule has 74 valence electrons. The van der Waals surface area contributed by atoms with Gasteiger partial charge in [0.2, 0.25) is 0 Å². The highest BCUT2D eigenvalue weighted by atomic mass is 127. The van der Waals surface area contributed by atoms with E-state index in [2.05, 4.69) is 53.4 Å². The summed E-state index contributed by atoms with van der Waals surface area (Å²) in [7, 11) is 0. The van der Waals surface area contributed by atoms with Crippen LogP contribution in [0.5, 0.6) is 0 Å². The fraction of sp³-hybridized carbons (Fsp3) is 0.667. The highest BCUT2D eigenvalue weighted by Gasteiger charge is 2.01. The molecule has 1 unspecified atom stereocenters. The number of aromatic nitrogens is 2. The molecule has 4 heteroatoms. The van der Waals surface area contributed by atoms with Crippen molar-refractivity contribution in [3.8, 4) is 0 Å². The Morgan fingerprint density at radius 3 is 2.92 bits per heavy atom. The maximum Gasteiger partial charge on any atom is 0.0623 e. The molecule has 0 bridgehead atoms. The average Bonchev–Trinajstić information content (AvgIpc) is 2.49. The van der Waals surface area contributed by atoms with Gasteiger partial charge in [-0.25, -0.2) is 0 Å². The van der Waals surface area contributed by atoms with Crippen LogP contribution in [0, 0.1) is 9.49 Å². The maximum atomic E-state index is 4.24. The lowest BCUT2D eigenvalue weighted by Crippen LogP contribution is -2.04. The van der Waals surface area contributed by atoms with Gasteiger partial charge in [-0.05, 0) is 47.1 Å². The van der Waals surface area contributed by atoms with Crippen molar-refractivity contribution in [2.75, 3.05) is 5.75 Å². The van der Waals surface area contributed by atoms with Gasteiger partial charge < -0.3 is 0 Å². The quantitative estimate of drug-likeness (QED) is 0.654. The van der Waals surface area contributed by atoms with E-state index in [1.165, 1.54) is 16.4 Å². The molecule has 2 nitrogen and oxygen atoms in total. The zero-order chi connectivity index (χ0) is 9.68. The third-order valence-corrected chi connectivity index (χ3v) is 2.89. The van der Waals surface area contributed by atoms with Crippen LogP contribution in [0.15, 0.2) is 12.4 Å². The molecule has 0 aromatic carbocycles. The highest BCUT2D eigenvalue weighted by Crippen LogP contribution is 2.10. The van der Waals surface area contributed by atoms with Gasteiger partial charge in [-0.3, -0.25) is 4.68 Å². The van der Waals surface area contributed by atoms with Crippen molar-refractivity contribution in [2.45, 2.75) is 26.3 Å². The second-order valence-electron chi connectivity index (χ2n) is 3.33. The van der Waals surface area contributed by atoms with Crippen LogP contribution in [-0.4, -0.2) is 15.5 Å². The van der Waals surface area contributed by atoms with Crippen LogP contribution in [-0.2, 0) is 6.54 Å². The van der Waals surface area contributed by atoms with Crippen molar-refractivity contribution in [2.24, 2.45) is 5.92 Å². The minimum Gasteiger partial charge on any atom is -0.272 e. The van der Waals surface area contributed by atoms with Crippen LogP contribution in [0.1, 0.15) is 19.8 Å². The Labute approximate surface area is 98.6 Å². The van der Waals surface area contributed by atoms with Gasteiger partial charge in [0, 0.05) is 12.7 Å². The topological polar surface area (TPSA) is 17.8 Å². The lowest BCUT2D eigenvalue weighted by atomic mass is 10.1. The predicted octanol–water partition coefficient (Wildman–Crippen LogP) is 2.83. The van der Waals surface area contributed by atoms with Gasteiger partial charge in [0.15, 0.2) is 0 Å². The van der Waals surface area contributed by atoms with E-state index in [0.717, 1.165) is 18.2 Å². The first-order valence-electron chi connectivity index (χ1n) is 4.51. The predicted molar refractivity (Wildman–Crippen MR) is 67.2 cm³/mol. The Morgan fingerprint density at radius 2 is 2.38 bits per heavy atom. The molecule has 0 fully saturated rings. The Bertz CT molecular complexity index is 250. The van der Waals surface area contributed by atoms with Gasteiger partial charge in [-0.2, -0.15) is 17.7 Å². The molecule has 0 saturated heterocycles. The molecule has 0 saturated carbocycles. The Kier molecular flexibility index (Phi) is 5.16. The molecule has 13 heavy (non-hydrogen) atoms. The monoisotopic (exact) mass is 310 g/mol. The van der Waals surface area contributed by atoms with Crippen LogP contribution in [0.4, 0.5) is 0 Å². The van der Waals surface area contributed by atoms with Crippen LogP contribution in [0.3, 0.4) is 0 Å². The molecule has 0 radical (unpaired) electrons. The number of halogens is 1. The Balaban J connectivity index is 2.26. The standard InChI is InChI=1S/C9H15IN2S/c1-8(3-5-13)2-4-12-7-9(10)6-11-12/h6-8,13H,2-5H2,1H3. The third kappa shape index (κ3) is 4.35. The van der Waals surface area contributed by atoms with Crippen molar-refractivity contribution >= 4 is 35.2 Å². The van der Waals surface area contributed by atoms with Gasteiger partial charge in [0.25, 0.3) is 0 Å². The molecule has 1 aromatic rings. The second-order valence-corrected chi connectivity index (χ2v) is 5.02. The van der Waals surface area contributed by atoms with Crippen molar-refractivity contribution in [1.82, 2.24) is 9.78 Å². The summed E-state index contributed by atoms with van der Waals surface area (Å²) in [5, 5.41) is 4.24. The molecule has 0 aliphatic rings. The molecule has 1 aromatic heterocycles. The normalized spacial score (nSPS) is 13.2. The summed E-state index contributed by atoms with van der Waals surface area (Å²) >= 11 is 6.50. The van der Waals surface area contributed by atoms with Crippen molar-refractivity contribution in [3.05, 3.63) is 16.0 Å². The number of hydrogen-bond donors (Lipinski definition) is 1. The minimum atomic E-state index is 0.749. The number of hydrogen-bond acceptors (Lipinski definition) is 2. The number of nitrogens with zero attached hydrogens (tertiary/aromatic N) is 2. The zero-order valence-electron chi connectivity index (χ0n) is 7.78. The fourth-order valence-corrected chi connectivity index (χ4v) is 2.06. The van der Waals surface area contributed by atoms with E-state index in [-0.39, 0.29) is 0 Å². The van der Waals surface area contributed by atoms with Crippen molar-refractivity contribution < 1.29 is 0 Å². The molecule has 0 amide bonds. The van der Waals surface area contributed by atoms with Crippen molar-refractivity contribution in [3.63, 3.8) is 0 Å². The number of aryl methyl sites for hydroxylation is 1. The number of rotatable bonds is 5. The van der Waals surface area contributed by atoms with E-state index in [1.54, 1.807) is 0 Å². The van der Waals surface area contributed by atoms with E-state index in [1.807, 2.05) is 10.9 Å². The lowest BCUT2D eigenvalue weighted by molar-refractivity contribution is 0.451. The molecular weight excluding hydrogens is 295 g/mol. The summed E-state index contributed by atoms with van der Waals surface area (Å²) in [6.45, 7) is 3.29. The molecule has 0 spiro atoms. The van der Waals surface area contributed by atoms with Gasteiger partial charge in [-0.1, -0.05) is 6.92 Å².